The zero-order chi connectivity index (χ0) is 15.5. The summed E-state index contributed by atoms with van der Waals surface area (Å²) in [6.07, 6.45) is 1.94. The lowest BCUT2D eigenvalue weighted by Gasteiger charge is -2.33. The highest BCUT2D eigenvalue weighted by Gasteiger charge is 2.26. The molecule has 0 saturated carbocycles. The standard InChI is InChI=1S/C16H22ClN3O2/c17-13-4-3-5-14(20-6-1-2-7-20)12(13)10-19-8-9-22-15(11-19)16(18)21/h3-5,15H,1-2,6-11H2,(H2,18,21)/t15-/m1/s1. The minimum absolute atomic E-state index is 0.399. The van der Waals surface area contributed by atoms with Crippen LogP contribution < -0.4 is 10.6 Å². The molecular weight excluding hydrogens is 302 g/mol. The molecule has 2 N–H and O–H groups in total. The normalized spacial score (nSPS) is 23.0. The molecule has 22 heavy (non-hydrogen) atoms. The van der Waals surface area contributed by atoms with Crippen molar-refractivity contribution in [3.63, 3.8) is 0 Å². The van der Waals surface area contributed by atoms with Gasteiger partial charge in [0.05, 0.1) is 6.61 Å². The Balaban J connectivity index is 1.77. The minimum atomic E-state index is -0.522. The third-order valence-electron chi connectivity index (χ3n) is 4.39. The van der Waals surface area contributed by atoms with E-state index in [9.17, 15) is 4.79 Å². The highest BCUT2D eigenvalue weighted by Crippen LogP contribution is 2.31. The van der Waals surface area contributed by atoms with E-state index in [0.717, 1.165) is 36.8 Å². The number of carbonyl (C=O) groups excluding carboxylic acids is 1. The smallest absolute Gasteiger partial charge is 0.247 e. The summed E-state index contributed by atoms with van der Waals surface area (Å²) in [5.41, 5.74) is 7.71. The van der Waals surface area contributed by atoms with Gasteiger partial charge in [-0.05, 0) is 25.0 Å². The molecule has 5 nitrogen and oxygen atoms in total. The van der Waals surface area contributed by atoms with Crippen molar-refractivity contribution in [2.75, 3.05) is 37.7 Å². The number of nitrogens with two attached hydrogens (primary N) is 1. The summed E-state index contributed by atoms with van der Waals surface area (Å²) >= 11 is 6.45. The Morgan fingerprint density at radius 1 is 1.32 bits per heavy atom. The number of hydrogen-bond donors (Lipinski definition) is 1. The monoisotopic (exact) mass is 323 g/mol. The lowest BCUT2D eigenvalue weighted by molar-refractivity contribution is -0.135. The van der Waals surface area contributed by atoms with Crippen LogP contribution in [-0.2, 0) is 16.1 Å². The molecule has 1 aromatic rings. The molecule has 0 aromatic heterocycles. The number of ether oxygens (including phenoxy) is 1. The average molecular weight is 324 g/mol. The molecule has 0 spiro atoms. The Morgan fingerprint density at radius 2 is 2.09 bits per heavy atom. The second-order valence-electron chi connectivity index (χ2n) is 5.93. The van der Waals surface area contributed by atoms with Gasteiger partial charge in [0.15, 0.2) is 0 Å². The highest BCUT2D eigenvalue weighted by molar-refractivity contribution is 6.31. The maximum atomic E-state index is 11.3. The van der Waals surface area contributed by atoms with Gasteiger partial charge in [-0.2, -0.15) is 0 Å². The van der Waals surface area contributed by atoms with Crippen LogP contribution in [0.2, 0.25) is 5.02 Å². The fourth-order valence-corrected chi connectivity index (χ4v) is 3.43. The third-order valence-corrected chi connectivity index (χ3v) is 4.74. The number of nitrogens with zero attached hydrogens (tertiary/aromatic N) is 2. The lowest BCUT2D eigenvalue weighted by atomic mass is 10.1. The molecule has 1 aromatic carbocycles. The number of morpholine rings is 1. The van der Waals surface area contributed by atoms with E-state index in [4.69, 9.17) is 22.1 Å². The molecule has 120 valence electrons. The van der Waals surface area contributed by atoms with Gasteiger partial charge < -0.3 is 15.4 Å². The molecule has 2 aliphatic rings. The van der Waals surface area contributed by atoms with Crippen LogP contribution in [0.4, 0.5) is 5.69 Å². The van der Waals surface area contributed by atoms with Crippen LogP contribution in [0.1, 0.15) is 18.4 Å². The summed E-state index contributed by atoms with van der Waals surface area (Å²) < 4.78 is 5.41. The van der Waals surface area contributed by atoms with Crippen molar-refractivity contribution in [1.29, 1.82) is 0 Å². The first kappa shape index (κ1) is 15.6. The molecule has 0 aliphatic carbocycles. The van der Waals surface area contributed by atoms with Gasteiger partial charge >= 0.3 is 0 Å². The highest BCUT2D eigenvalue weighted by atomic mass is 35.5. The number of carbonyl (C=O) groups is 1. The van der Waals surface area contributed by atoms with Crippen molar-refractivity contribution >= 4 is 23.2 Å². The Morgan fingerprint density at radius 3 is 2.82 bits per heavy atom. The molecule has 6 heteroatoms. The average Bonchev–Trinajstić information content (AvgIpc) is 3.04. The largest absolute Gasteiger partial charge is 0.371 e. The zero-order valence-electron chi connectivity index (χ0n) is 12.6. The van der Waals surface area contributed by atoms with E-state index in [1.165, 1.54) is 18.5 Å². The van der Waals surface area contributed by atoms with Crippen molar-refractivity contribution < 1.29 is 9.53 Å². The van der Waals surface area contributed by atoms with Crippen LogP contribution in [0.3, 0.4) is 0 Å². The maximum absolute atomic E-state index is 11.3. The number of hydrogen-bond acceptors (Lipinski definition) is 4. The molecule has 2 fully saturated rings. The van der Waals surface area contributed by atoms with Crippen LogP contribution in [-0.4, -0.2) is 49.7 Å². The molecule has 3 rings (SSSR count). The number of rotatable bonds is 4. The molecule has 0 unspecified atom stereocenters. The number of amides is 1. The number of anilines is 1. The van der Waals surface area contributed by atoms with Crippen LogP contribution in [0.25, 0.3) is 0 Å². The third kappa shape index (κ3) is 3.37. The summed E-state index contributed by atoms with van der Waals surface area (Å²) in [5.74, 6) is -0.399. The minimum Gasteiger partial charge on any atom is -0.371 e. The molecule has 0 bridgehead atoms. The molecule has 1 amide bonds. The second-order valence-corrected chi connectivity index (χ2v) is 6.34. The van der Waals surface area contributed by atoms with E-state index in [0.29, 0.717) is 13.2 Å². The van der Waals surface area contributed by atoms with E-state index in [1.54, 1.807) is 0 Å². The predicted molar refractivity (Wildman–Crippen MR) is 87.1 cm³/mol. The molecular formula is C16H22ClN3O2. The van der Waals surface area contributed by atoms with Gasteiger partial charge in [-0.1, -0.05) is 17.7 Å². The number of primary amides is 1. The van der Waals surface area contributed by atoms with Crippen molar-refractivity contribution in [2.45, 2.75) is 25.5 Å². The number of benzene rings is 1. The van der Waals surface area contributed by atoms with Gasteiger partial charge in [-0.25, -0.2) is 0 Å². The molecule has 2 aliphatic heterocycles. The SMILES string of the molecule is NC(=O)[C@H]1CN(Cc2c(Cl)cccc2N2CCCC2)CCO1. The van der Waals surface area contributed by atoms with Crippen molar-refractivity contribution in [3.8, 4) is 0 Å². The molecule has 0 radical (unpaired) electrons. The van der Waals surface area contributed by atoms with Crippen molar-refractivity contribution in [3.05, 3.63) is 28.8 Å². The van der Waals surface area contributed by atoms with Crippen LogP contribution >= 0.6 is 11.6 Å². The Kier molecular flexibility index (Phi) is 4.86. The van der Waals surface area contributed by atoms with Gasteiger partial charge in [0.25, 0.3) is 0 Å². The Bertz CT molecular complexity index is 546. The summed E-state index contributed by atoms with van der Waals surface area (Å²) in [6, 6.07) is 6.08. The molecule has 1 atom stereocenters. The van der Waals surface area contributed by atoms with E-state index in [-0.39, 0.29) is 0 Å². The second kappa shape index (κ2) is 6.86. The van der Waals surface area contributed by atoms with E-state index in [1.807, 2.05) is 12.1 Å². The fraction of sp³-hybridized carbons (Fsp3) is 0.562. The summed E-state index contributed by atoms with van der Waals surface area (Å²) in [5, 5.41) is 0.784. The van der Waals surface area contributed by atoms with Gasteiger partial charge in [0.1, 0.15) is 6.10 Å². The quantitative estimate of drug-likeness (QED) is 0.915. The van der Waals surface area contributed by atoms with E-state index < -0.39 is 12.0 Å². The van der Waals surface area contributed by atoms with Gasteiger partial charge in [-0.3, -0.25) is 9.69 Å². The first-order valence-electron chi connectivity index (χ1n) is 7.81. The maximum Gasteiger partial charge on any atom is 0.247 e. The molecule has 2 saturated heterocycles. The van der Waals surface area contributed by atoms with Gasteiger partial charge in [0.2, 0.25) is 5.91 Å². The lowest BCUT2D eigenvalue weighted by Crippen LogP contribution is -2.48. The van der Waals surface area contributed by atoms with Crippen molar-refractivity contribution in [2.24, 2.45) is 5.73 Å². The van der Waals surface area contributed by atoms with Crippen LogP contribution in [0.15, 0.2) is 18.2 Å². The van der Waals surface area contributed by atoms with Gasteiger partial charge in [-0.15, -0.1) is 0 Å². The topological polar surface area (TPSA) is 58.8 Å². The van der Waals surface area contributed by atoms with Crippen LogP contribution in [0.5, 0.6) is 0 Å². The van der Waals surface area contributed by atoms with Gasteiger partial charge in [0, 0.05) is 49.0 Å². The zero-order valence-corrected chi connectivity index (χ0v) is 13.4. The number of halogens is 1. The fourth-order valence-electron chi connectivity index (χ4n) is 3.20. The Hall–Kier alpha value is -1.30. The summed E-state index contributed by atoms with van der Waals surface area (Å²) in [4.78, 5) is 15.9. The van der Waals surface area contributed by atoms with Crippen LogP contribution in [0, 0.1) is 0 Å². The first-order valence-corrected chi connectivity index (χ1v) is 8.18. The summed E-state index contributed by atoms with van der Waals surface area (Å²) in [6.45, 7) is 4.73. The molecule has 2 heterocycles. The first-order chi connectivity index (χ1) is 10.6. The van der Waals surface area contributed by atoms with Crippen molar-refractivity contribution in [1.82, 2.24) is 4.90 Å². The Labute approximate surface area is 136 Å². The van der Waals surface area contributed by atoms with E-state index in [2.05, 4.69) is 15.9 Å². The predicted octanol–water partition coefficient (Wildman–Crippen LogP) is 1.63. The van der Waals surface area contributed by atoms with E-state index >= 15 is 0 Å². The summed E-state index contributed by atoms with van der Waals surface area (Å²) in [7, 11) is 0.